The second-order valence-corrected chi connectivity index (χ2v) is 8.85. The highest BCUT2D eigenvalue weighted by Crippen LogP contribution is 2.26. The second-order valence-electron chi connectivity index (χ2n) is 6.55. The number of ether oxygens (including phenoxy) is 1. The van der Waals surface area contributed by atoms with Crippen LogP contribution in [0.2, 0.25) is 5.02 Å². The molecule has 1 aliphatic heterocycles. The number of hydrogen-bond acceptors (Lipinski definition) is 5. The number of halogens is 1. The zero-order valence-electron chi connectivity index (χ0n) is 15.8. The number of sulfonamides is 1. The third kappa shape index (κ3) is 4.71. The van der Waals surface area contributed by atoms with Crippen molar-refractivity contribution >= 4 is 33.4 Å². The summed E-state index contributed by atoms with van der Waals surface area (Å²) in [5.74, 6) is -1.28. The molecule has 2 amide bonds. The fourth-order valence-electron chi connectivity index (χ4n) is 3.12. The molecular weight excluding hydrogens is 416 g/mol. The number of amides is 2. The highest BCUT2D eigenvalue weighted by molar-refractivity contribution is 7.89. The minimum absolute atomic E-state index is 0.0464. The summed E-state index contributed by atoms with van der Waals surface area (Å²) in [6.07, 6.45) is 0.238. The molecule has 1 N–H and O–H groups in total. The molecule has 1 saturated heterocycles. The van der Waals surface area contributed by atoms with Gasteiger partial charge < -0.3 is 10.1 Å². The largest absolute Gasteiger partial charge is 0.494 e. The molecule has 0 aliphatic carbocycles. The van der Waals surface area contributed by atoms with Gasteiger partial charge in [-0.05, 0) is 49.2 Å². The van der Waals surface area contributed by atoms with Gasteiger partial charge in [0.2, 0.25) is 11.8 Å². The van der Waals surface area contributed by atoms with E-state index in [0.717, 1.165) is 5.56 Å². The molecule has 1 aliphatic rings. The lowest BCUT2D eigenvalue weighted by molar-refractivity contribution is -0.131. The summed E-state index contributed by atoms with van der Waals surface area (Å²) in [4.78, 5) is 25.2. The standard InChI is InChI=1S/C20H21ClN2O5S/c1-2-28-18-6-4-3-5-14(18)11-15-12-22-19(24)13-23(20(15)25)29(26,27)17-9-7-16(21)8-10-17/h3-10,15H,2,11-13H2,1H3,(H,22,24). The highest BCUT2D eigenvalue weighted by atomic mass is 35.5. The van der Waals surface area contributed by atoms with Crippen LogP contribution in [0, 0.1) is 5.92 Å². The summed E-state index contributed by atoms with van der Waals surface area (Å²) in [5, 5.41) is 3.00. The first-order valence-electron chi connectivity index (χ1n) is 9.12. The van der Waals surface area contributed by atoms with E-state index in [-0.39, 0.29) is 17.9 Å². The van der Waals surface area contributed by atoms with Crippen molar-refractivity contribution in [1.82, 2.24) is 9.62 Å². The maximum atomic E-state index is 13.1. The second kappa shape index (κ2) is 8.84. The average Bonchev–Trinajstić information content (AvgIpc) is 2.84. The molecule has 1 heterocycles. The molecule has 1 fully saturated rings. The first kappa shape index (κ1) is 21.1. The topological polar surface area (TPSA) is 92.8 Å². The fourth-order valence-corrected chi connectivity index (χ4v) is 4.66. The van der Waals surface area contributed by atoms with Crippen molar-refractivity contribution in [3.05, 3.63) is 59.1 Å². The lowest BCUT2D eigenvalue weighted by atomic mass is 9.98. The van der Waals surface area contributed by atoms with Gasteiger partial charge in [0.05, 0.1) is 17.4 Å². The smallest absolute Gasteiger partial charge is 0.266 e. The maximum absolute atomic E-state index is 13.1. The normalized spacial score (nSPS) is 17.6. The Morgan fingerprint density at radius 2 is 1.83 bits per heavy atom. The predicted molar refractivity (Wildman–Crippen MR) is 108 cm³/mol. The molecule has 1 atom stereocenters. The van der Waals surface area contributed by atoms with E-state index in [9.17, 15) is 18.0 Å². The van der Waals surface area contributed by atoms with Crippen LogP contribution in [0.15, 0.2) is 53.4 Å². The van der Waals surface area contributed by atoms with Crippen molar-refractivity contribution in [3.63, 3.8) is 0 Å². The molecule has 1 unspecified atom stereocenters. The van der Waals surface area contributed by atoms with E-state index in [2.05, 4.69) is 5.32 Å². The number of carbonyl (C=O) groups is 2. The van der Waals surface area contributed by atoms with Gasteiger partial charge in [0.25, 0.3) is 10.0 Å². The summed E-state index contributed by atoms with van der Waals surface area (Å²) in [5.41, 5.74) is 0.771. The molecule has 0 saturated carbocycles. The summed E-state index contributed by atoms with van der Waals surface area (Å²) >= 11 is 5.83. The number of nitrogens with zero attached hydrogens (tertiary/aromatic N) is 1. The number of para-hydroxylation sites is 1. The minimum atomic E-state index is -4.20. The Bertz CT molecular complexity index is 1010. The molecule has 0 spiro atoms. The predicted octanol–water partition coefficient (Wildman–Crippen LogP) is 2.24. The van der Waals surface area contributed by atoms with Crippen molar-refractivity contribution in [2.45, 2.75) is 18.2 Å². The Hall–Kier alpha value is -2.58. The van der Waals surface area contributed by atoms with Crippen molar-refractivity contribution in [2.24, 2.45) is 5.92 Å². The molecule has 154 valence electrons. The fraction of sp³-hybridized carbons (Fsp3) is 0.300. The van der Waals surface area contributed by atoms with Gasteiger partial charge in [0, 0.05) is 11.6 Å². The summed E-state index contributed by atoms with van der Waals surface area (Å²) in [6, 6.07) is 12.7. The van der Waals surface area contributed by atoms with Crippen molar-refractivity contribution < 1.29 is 22.7 Å². The van der Waals surface area contributed by atoms with E-state index < -0.39 is 34.3 Å². The van der Waals surface area contributed by atoms with Gasteiger partial charge in [0.15, 0.2) is 0 Å². The van der Waals surface area contributed by atoms with Gasteiger partial charge in [-0.15, -0.1) is 0 Å². The number of nitrogens with one attached hydrogen (secondary N) is 1. The van der Waals surface area contributed by atoms with E-state index in [1.54, 1.807) is 6.07 Å². The maximum Gasteiger partial charge on any atom is 0.266 e. The molecule has 0 bridgehead atoms. The van der Waals surface area contributed by atoms with Crippen LogP contribution in [0.1, 0.15) is 12.5 Å². The third-order valence-corrected chi connectivity index (χ3v) is 6.58. The first-order valence-corrected chi connectivity index (χ1v) is 10.9. The summed E-state index contributed by atoms with van der Waals surface area (Å²) in [7, 11) is -4.20. The van der Waals surface area contributed by atoms with Gasteiger partial charge in [-0.3, -0.25) is 9.59 Å². The van der Waals surface area contributed by atoms with Gasteiger partial charge in [-0.2, -0.15) is 0 Å². The van der Waals surface area contributed by atoms with E-state index in [1.165, 1.54) is 24.3 Å². The quantitative estimate of drug-likeness (QED) is 0.749. The Morgan fingerprint density at radius 3 is 2.52 bits per heavy atom. The van der Waals surface area contributed by atoms with Crippen LogP contribution in [0.4, 0.5) is 0 Å². The number of rotatable bonds is 6. The van der Waals surface area contributed by atoms with E-state index in [4.69, 9.17) is 16.3 Å². The molecule has 2 aromatic rings. The van der Waals surface area contributed by atoms with Crippen LogP contribution in [0.25, 0.3) is 0 Å². The SMILES string of the molecule is CCOc1ccccc1CC1CNC(=O)CN(S(=O)(=O)c2ccc(Cl)cc2)C1=O. The van der Waals surface area contributed by atoms with Gasteiger partial charge in [-0.1, -0.05) is 29.8 Å². The van der Waals surface area contributed by atoms with Crippen molar-refractivity contribution in [1.29, 1.82) is 0 Å². The first-order chi connectivity index (χ1) is 13.8. The zero-order chi connectivity index (χ0) is 21.0. The molecule has 7 nitrogen and oxygen atoms in total. The third-order valence-electron chi connectivity index (χ3n) is 4.57. The van der Waals surface area contributed by atoms with E-state index in [0.29, 0.717) is 21.7 Å². The lowest BCUT2D eigenvalue weighted by Crippen LogP contribution is -2.42. The van der Waals surface area contributed by atoms with Gasteiger partial charge >= 0.3 is 0 Å². The number of benzene rings is 2. The minimum Gasteiger partial charge on any atom is -0.494 e. The van der Waals surface area contributed by atoms with E-state index in [1.807, 2.05) is 25.1 Å². The Morgan fingerprint density at radius 1 is 1.14 bits per heavy atom. The number of carbonyl (C=O) groups excluding carboxylic acids is 2. The molecule has 29 heavy (non-hydrogen) atoms. The molecule has 2 aromatic carbocycles. The van der Waals surface area contributed by atoms with E-state index >= 15 is 0 Å². The highest BCUT2D eigenvalue weighted by Gasteiger charge is 2.38. The Balaban J connectivity index is 1.92. The summed E-state index contributed by atoms with van der Waals surface area (Å²) in [6.45, 7) is 1.80. The molecular formula is C20H21ClN2O5S. The molecule has 3 rings (SSSR count). The number of hydrogen-bond donors (Lipinski definition) is 1. The average molecular weight is 437 g/mol. The Labute approximate surface area is 174 Å². The van der Waals surface area contributed by atoms with Crippen LogP contribution in [-0.4, -0.2) is 44.2 Å². The van der Waals surface area contributed by atoms with Gasteiger partial charge in [0.1, 0.15) is 12.3 Å². The van der Waals surface area contributed by atoms with Crippen molar-refractivity contribution in [2.75, 3.05) is 19.7 Å². The Kier molecular flexibility index (Phi) is 6.44. The lowest BCUT2D eigenvalue weighted by Gasteiger charge is -2.23. The van der Waals surface area contributed by atoms with Crippen LogP contribution in [0.3, 0.4) is 0 Å². The van der Waals surface area contributed by atoms with Crippen LogP contribution in [-0.2, 0) is 26.0 Å². The van der Waals surface area contributed by atoms with Gasteiger partial charge in [-0.25, -0.2) is 12.7 Å². The monoisotopic (exact) mass is 436 g/mol. The molecule has 0 radical (unpaired) electrons. The zero-order valence-corrected chi connectivity index (χ0v) is 17.4. The van der Waals surface area contributed by atoms with Crippen LogP contribution in [0.5, 0.6) is 5.75 Å². The summed E-state index contributed by atoms with van der Waals surface area (Å²) < 4.78 is 32.3. The molecule has 0 aromatic heterocycles. The molecule has 9 heteroatoms. The van der Waals surface area contributed by atoms with Crippen LogP contribution < -0.4 is 10.1 Å². The van der Waals surface area contributed by atoms with Crippen LogP contribution >= 0.6 is 11.6 Å². The van der Waals surface area contributed by atoms with Crippen molar-refractivity contribution in [3.8, 4) is 5.75 Å².